The molecule has 4 aromatic heterocycles. The normalized spacial score (nSPS) is 11.8. The first-order chi connectivity index (χ1) is 31.2. The Kier molecular flexibility index (Phi) is 7.77. The van der Waals surface area contributed by atoms with Gasteiger partial charge in [-0.15, -0.1) is 0 Å². The van der Waals surface area contributed by atoms with E-state index < -0.39 is 0 Å². The minimum atomic E-state index is 0.491. The van der Waals surface area contributed by atoms with Crippen LogP contribution in [0.5, 0.6) is 0 Å². The molecule has 0 atom stereocenters. The lowest BCUT2D eigenvalue weighted by Crippen LogP contribution is -2.07. The van der Waals surface area contributed by atoms with Crippen LogP contribution in [0.25, 0.3) is 122 Å². The molecule has 0 unspecified atom stereocenters. The van der Waals surface area contributed by atoms with Crippen molar-refractivity contribution in [3.63, 3.8) is 0 Å². The first-order valence-electron chi connectivity index (χ1n) is 21.1. The second-order valence-corrected chi connectivity index (χ2v) is 15.9. The lowest BCUT2D eigenvalue weighted by atomic mass is 10.0. The Balaban J connectivity index is 1.09. The van der Waals surface area contributed by atoms with Crippen LogP contribution >= 0.6 is 0 Å². The van der Waals surface area contributed by atoms with Gasteiger partial charge in [-0.05, 0) is 57.3 Å². The number of hydrogen-bond acceptors (Lipinski definition) is 5. The number of para-hydroxylation sites is 2. The molecule has 0 saturated heterocycles. The van der Waals surface area contributed by atoms with E-state index in [9.17, 15) is 0 Å². The molecule has 0 spiro atoms. The van der Waals surface area contributed by atoms with Crippen LogP contribution in [0.15, 0.2) is 211 Å². The SMILES string of the molecule is c1ccc(-c2ccc(-c3nc(-c4ccc(-c5ccccc5)cc4)nc(-n4c5ccccc5c5ccc6c7ccccc7n(-c7nc8cc9ccccc9cc8o7)c6c54)n3)cc2)cc1. The predicted molar refractivity (Wildman–Crippen MR) is 255 cm³/mol. The zero-order valence-corrected chi connectivity index (χ0v) is 33.7. The summed E-state index contributed by atoms with van der Waals surface area (Å²) in [7, 11) is 0. The van der Waals surface area contributed by atoms with E-state index in [1.165, 1.54) is 0 Å². The van der Waals surface area contributed by atoms with E-state index in [2.05, 4.69) is 197 Å². The molecule has 13 rings (SSSR count). The summed E-state index contributed by atoms with van der Waals surface area (Å²) in [5, 5.41) is 6.51. The third kappa shape index (κ3) is 5.67. The average Bonchev–Trinajstić information content (AvgIpc) is 4.03. The largest absolute Gasteiger partial charge is 0.423 e. The lowest BCUT2D eigenvalue weighted by molar-refractivity contribution is 0.575. The fourth-order valence-electron chi connectivity index (χ4n) is 9.21. The zero-order valence-electron chi connectivity index (χ0n) is 33.7. The third-order valence-electron chi connectivity index (χ3n) is 12.2. The fraction of sp³-hybridized carbons (Fsp3) is 0. The molecule has 294 valence electrons. The molecule has 0 bridgehead atoms. The van der Waals surface area contributed by atoms with E-state index >= 15 is 0 Å². The smallest absolute Gasteiger partial charge is 0.307 e. The summed E-state index contributed by atoms with van der Waals surface area (Å²) in [6, 6.07) is 72.1. The number of nitrogens with zero attached hydrogens (tertiary/aromatic N) is 6. The van der Waals surface area contributed by atoms with Crippen molar-refractivity contribution in [3.05, 3.63) is 206 Å². The predicted octanol–water partition coefficient (Wildman–Crippen LogP) is 14.0. The van der Waals surface area contributed by atoms with E-state index in [1.54, 1.807) is 0 Å². The summed E-state index contributed by atoms with van der Waals surface area (Å²) in [5.41, 5.74) is 11.7. The second-order valence-electron chi connectivity index (χ2n) is 15.9. The van der Waals surface area contributed by atoms with E-state index in [1.807, 2.05) is 18.2 Å². The quantitative estimate of drug-likeness (QED) is 0.167. The third-order valence-corrected chi connectivity index (χ3v) is 12.2. The van der Waals surface area contributed by atoms with Crippen molar-refractivity contribution in [2.75, 3.05) is 0 Å². The molecule has 7 nitrogen and oxygen atoms in total. The number of aromatic nitrogens is 6. The molecule has 7 heteroatoms. The van der Waals surface area contributed by atoms with Crippen molar-refractivity contribution in [2.45, 2.75) is 0 Å². The standard InChI is InChI=1S/C56H34N6O/c1-3-13-35(14-4-1)37-23-27-39(28-24-37)53-58-54(40-29-25-38(26-30-40)36-15-5-2-6-16-36)60-55(59-53)61-48-21-11-9-19-43(48)45-31-32-46-44-20-10-12-22-49(44)62(52(46)51(45)61)56-57-47-33-41-17-7-8-18-42(41)34-50(47)63-56/h1-34H. The maximum absolute atomic E-state index is 6.74. The van der Waals surface area contributed by atoms with Gasteiger partial charge in [0.05, 0.1) is 22.1 Å². The highest BCUT2D eigenvalue weighted by Crippen LogP contribution is 2.42. The molecule has 0 aliphatic rings. The van der Waals surface area contributed by atoms with Crippen LogP contribution in [0.1, 0.15) is 0 Å². The Labute approximate surface area is 360 Å². The molecule has 0 aliphatic carbocycles. The zero-order chi connectivity index (χ0) is 41.4. The number of fused-ring (bicyclic) bond motifs is 9. The van der Waals surface area contributed by atoms with Crippen LogP contribution in [0, 0.1) is 0 Å². The summed E-state index contributed by atoms with van der Waals surface area (Å²) < 4.78 is 11.1. The highest BCUT2D eigenvalue weighted by Gasteiger charge is 2.25. The van der Waals surface area contributed by atoms with Gasteiger partial charge in [0.15, 0.2) is 17.2 Å². The Morgan fingerprint density at radius 3 is 1.35 bits per heavy atom. The number of hydrogen-bond donors (Lipinski definition) is 0. The Hall–Kier alpha value is -8.68. The van der Waals surface area contributed by atoms with E-state index in [0.717, 1.165) is 98.9 Å². The molecule has 0 aliphatic heterocycles. The van der Waals surface area contributed by atoms with Gasteiger partial charge in [0.25, 0.3) is 0 Å². The summed E-state index contributed by atoms with van der Waals surface area (Å²) in [6.45, 7) is 0. The monoisotopic (exact) mass is 806 g/mol. The second kappa shape index (κ2) is 13.9. The van der Waals surface area contributed by atoms with Crippen molar-refractivity contribution in [1.82, 2.24) is 29.1 Å². The Bertz CT molecular complexity index is 3730. The minimum absolute atomic E-state index is 0.491. The van der Waals surface area contributed by atoms with Gasteiger partial charge in [-0.3, -0.25) is 9.13 Å². The van der Waals surface area contributed by atoms with Crippen molar-refractivity contribution in [1.29, 1.82) is 0 Å². The van der Waals surface area contributed by atoms with Crippen molar-refractivity contribution in [2.24, 2.45) is 0 Å². The Morgan fingerprint density at radius 1 is 0.333 bits per heavy atom. The summed E-state index contributed by atoms with van der Waals surface area (Å²) in [5.74, 6) is 1.66. The van der Waals surface area contributed by atoms with Crippen molar-refractivity contribution >= 4 is 65.5 Å². The molecule has 0 fully saturated rings. The molecule has 0 radical (unpaired) electrons. The maximum Gasteiger partial charge on any atom is 0.307 e. The minimum Gasteiger partial charge on any atom is -0.423 e. The van der Waals surface area contributed by atoms with Crippen molar-refractivity contribution in [3.8, 4) is 57.0 Å². The van der Waals surface area contributed by atoms with E-state index in [4.69, 9.17) is 24.4 Å². The molecular weight excluding hydrogens is 773 g/mol. The average molecular weight is 807 g/mol. The van der Waals surface area contributed by atoms with Gasteiger partial charge in [0.2, 0.25) is 5.95 Å². The summed E-state index contributed by atoms with van der Waals surface area (Å²) in [4.78, 5) is 21.1. The number of benzene rings is 9. The van der Waals surface area contributed by atoms with Gasteiger partial charge in [0, 0.05) is 32.7 Å². The Morgan fingerprint density at radius 2 is 0.778 bits per heavy atom. The van der Waals surface area contributed by atoms with Gasteiger partial charge in [-0.25, -0.2) is 4.98 Å². The summed E-state index contributed by atoms with van der Waals surface area (Å²) >= 11 is 0. The van der Waals surface area contributed by atoms with E-state index in [0.29, 0.717) is 23.6 Å². The highest BCUT2D eigenvalue weighted by molar-refractivity contribution is 6.23. The van der Waals surface area contributed by atoms with Gasteiger partial charge in [0.1, 0.15) is 5.52 Å². The number of rotatable bonds is 6. The molecule has 0 saturated carbocycles. The van der Waals surface area contributed by atoms with Crippen LogP contribution < -0.4 is 0 Å². The van der Waals surface area contributed by atoms with E-state index in [-0.39, 0.29) is 0 Å². The van der Waals surface area contributed by atoms with Crippen LogP contribution in [0.2, 0.25) is 0 Å². The molecule has 0 N–H and O–H groups in total. The topological polar surface area (TPSA) is 74.6 Å². The molecular formula is C56H34N6O. The van der Waals surface area contributed by atoms with Crippen LogP contribution in [0.3, 0.4) is 0 Å². The van der Waals surface area contributed by atoms with Gasteiger partial charge in [-0.2, -0.15) is 15.0 Å². The van der Waals surface area contributed by atoms with Crippen molar-refractivity contribution < 1.29 is 4.42 Å². The summed E-state index contributed by atoms with van der Waals surface area (Å²) in [6.07, 6.45) is 0. The molecule has 63 heavy (non-hydrogen) atoms. The maximum atomic E-state index is 6.74. The fourth-order valence-corrected chi connectivity index (χ4v) is 9.21. The first-order valence-corrected chi connectivity index (χ1v) is 21.1. The van der Waals surface area contributed by atoms with Gasteiger partial charge in [-0.1, -0.05) is 182 Å². The van der Waals surface area contributed by atoms with Crippen LogP contribution in [-0.4, -0.2) is 29.1 Å². The lowest BCUT2D eigenvalue weighted by Gasteiger charge is -2.13. The van der Waals surface area contributed by atoms with Gasteiger partial charge >= 0.3 is 6.01 Å². The molecule has 13 aromatic rings. The van der Waals surface area contributed by atoms with Crippen LogP contribution in [0.4, 0.5) is 0 Å². The molecule has 0 amide bonds. The highest BCUT2D eigenvalue weighted by atomic mass is 16.4. The molecule has 9 aromatic carbocycles. The van der Waals surface area contributed by atoms with Crippen LogP contribution in [-0.2, 0) is 0 Å². The molecule has 4 heterocycles. The van der Waals surface area contributed by atoms with Gasteiger partial charge < -0.3 is 4.42 Å². The first kappa shape index (κ1) is 35.1. The number of oxazole rings is 1.